The van der Waals surface area contributed by atoms with Crippen LogP contribution in [-0.2, 0) is 0 Å². The molecule has 2 aromatic carbocycles. The number of para-hydroxylation sites is 1. The first-order valence-corrected chi connectivity index (χ1v) is 6.15. The van der Waals surface area contributed by atoms with E-state index >= 15 is 0 Å². The van der Waals surface area contributed by atoms with Crippen molar-refractivity contribution in [2.75, 3.05) is 5.73 Å². The van der Waals surface area contributed by atoms with Gasteiger partial charge in [-0.2, -0.15) is 0 Å². The second kappa shape index (κ2) is 4.54. The van der Waals surface area contributed by atoms with E-state index in [-0.39, 0.29) is 11.5 Å². The van der Waals surface area contributed by atoms with E-state index in [4.69, 9.17) is 21.8 Å². The lowest BCUT2D eigenvalue weighted by Gasteiger charge is -2.06. The zero-order valence-corrected chi connectivity index (χ0v) is 10.9. The van der Waals surface area contributed by atoms with Gasteiger partial charge >= 0.3 is 5.76 Å². The molecule has 0 spiro atoms. The zero-order chi connectivity index (χ0) is 14.3. The molecule has 20 heavy (non-hydrogen) atoms. The maximum atomic E-state index is 12.4. The van der Waals surface area contributed by atoms with Gasteiger partial charge in [0.05, 0.1) is 16.2 Å². The molecule has 0 unspecified atom stereocenters. The summed E-state index contributed by atoms with van der Waals surface area (Å²) < 4.78 is 4.93. The van der Waals surface area contributed by atoms with E-state index in [2.05, 4.69) is 4.98 Å². The molecule has 6 heteroatoms. The molecular weight excluding hydrogens is 280 g/mol. The van der Waals surface area contributed by atoms with Gasteiger partial charge in [0.25, 0.3) is 0 Å². The van der Waals surface area contributed by atoms with E-state index < -0.39 is 5.76 Å². The number of anilines is 1. The van der Waals surface area contributed by atoms with E-state index in [0.29, 0.717) is 27.2 Å². The number of nitrogen functional groups attached to an aromatic ring is 1. The van der Waals surface area contributed by atoms with Crippen molar-refractivity contribution in [1.82, 2.24) is 4.98 Å². The van der Waals surface area contributed by atoms with Crippen LogP contribution in [0.2, 0.25) is 5.02 Å². The number of oxazole rings is 1. The van der Waals surface area contributed by atoms with E-state index in [1.54, 1.807) is 30.3 Å². The predicted octanol–water partition coefficient (Wildman–Crippen LogP) is 2.59. The summed E-state index contributed by atoms with van der Waals surface area (Å²) in [6.45, 7) is 0. The Labute approximate surface area is 118 Å². The van der Waals surface area contributed by atoms with Crippen LogP contribution >= 0.6 is 11.6 Å². The number of benzene rings is 2. The van der Waals surface area contributed by atoms with Crippen LogP contribution in [0.5, 0.6) is 0 Å². The second-order valence-electron chi connectivity index (χ2n) is 4.26. The monoisotopic (exact) mass is 288 g/mol. The van der Waals surface area contributed by atoms with Crippen LogP contribution in [-0.4, -0.2) is 10.8 Å². The molecule has 0 saturated heterocycles. The Morgan fingerprint density at radius 3 is 2.85 bits per heavy atom. The number of rotatable bonds is 2. The lowest BCUT2D eigenvalue weighted by Crippen LogP contribution is -2.05. The lowest BCUT2D eigenvalue weighted by atomic mass is 10.0. The molecule has 3 rings (SSSR count). The van der Waals surface area contributed by atoms with Crippen molar-refractivity contribution in [3.63, 3.8) is 0 Å². The summed E-state index contributed by atoms with van der Waals surface area (Å²) in [6, 6.07) is 9.56. The van der Waals surface area contributed by atoms with Gasteiger partial charge < -0.3 is 10.2 Å². The molecule has 0 radical (unpaired) electrons. The number of carbonyl (C=O) groups excluding carboxylic acids is 1. The molecule has 0 saturated carbocycles. The Morgan fingerprint density at radius 2 is 2.05 bits per heavy atom. The summed E-state index contributed by atoms with van der Waals surface area (Å²) in [5.41, 5.74) is 7.57. The highest BCUT2D eigenvalue weighted by molar-refractivity contribution is 6.34. The normalized spacial score (nSPS) is 10.8. The van der Waals surface area contributed by atoms with Gasteiger partial charge in [-0.3, -0.25) is 9.78 Å². The third kappa shape index (κ3) is 1.98. The Hall–Kier alpha value is -2.53. The quantitative estimate of drug-likeness (QED) is 0.560. The largest absolute Gasteiger partial charge is 0.417 e. The first-order valence-electron chi connectivity index (χ1n) is 5.78. The van der Waals surface area contributed by atoms with Crippen LogP contribution < -0.4 is 11.5 Å². The highest BCUT2D eigenvalue weighted by Gasteiger charge is 2.15. The Balaban J connectivity index is 2.12. The Morgan fingerprint density at radius 1 is 1.25 bits per heavy atom. The smallest absolute Gasteiger partial charge is 0.408 e. The summed E-state index contributed by atoms with van der Waals surface area (Å²) in [5.74, 6) is -0.845. The van der Waals surface area contributed by atoms with Gasteiger partial charge in [0.2, 0.25) is 0 Å². The molecule has 0 amide bonds. The first-order chi connectivity index (χ1) is 9.56. The van der Waals surface area contributed by atoms with Crippen LogP contribution in [0, 0.1) is 0 Å². The number of halogens is 1. The minimum Gasteiger partial charge on any atom is -0.408 e. The van der Waals surface area contributed by atoms with Crippen LogP contribution in [0.1, 0.15) is 15.9 Å². The minimum atomic E-state index is -0.563. The number of ketones is 1. The molecule has 3 aromatic rings. The van der Waals surface area contributed by atoms with Gasteiger partial charge in [0, 0.05) is 11.1 Å². The van der Waals surface area contributed by atoms with Gasteiger partial charge in [0.1, 0.15) is 0 Å². The minimum absolute atomic E-state index is 0.231. The van der Waals surface area contributed by atoms with E-state index in [1.807, 2.05) is 0 Å². The molecule has 100 valence electrons. The van der Waals surface area contributed by atoms with Crippen molar-refractivity contribution in [3.05, 3.63) is 63.1 Å². The first kappa shape index (κ1) is 12.5. The lowest BCUT2D eigenvalue weighted by molar-refractivity contribution is 0.103. The number of fused-ring (bicyclic) bond motifs is 1. The van der Waals surface area contributed by atoms with Gasteiger partial charge in [-0.15, -0.1) is 0 Å². The van der Waals surface area contributed by atoms with Crippen LogP contribution in [0.25, 0.3) is 11.1 Å². The molecule has 1 heterocycles. The average molecular weight is 289 g/mol. The number of H-pyrrole nitrogens is 1. The van der Waals surface area contributed by atoms with Crippen molar-refractivity contribution in [2.24, 2.45) is 0 Å². The molecule has 5 nitrogen and oxygen atoms in total. The van der Waals surface area contributed by atoms with Gasteiger partial charge in [-0.05, 0) is 30.3 Å². The fourth-order valence-electron chi connectivity index (χ4n) is 1.98. The maximum absolute atomic E-state index is 12.4. The van der Waals surface area contributed by atoms with Gasteiger partial charge in [0.15, 0.2) is 11.4 Å². The number of carbonyl (C=O) groups is 1. The van der Waals surface area contributed by atoms with Crippen LogP contribution in [0.15, 0.2) is 45.6 Å². The number of aromatic amines is 1. The summed E-state index contributed by atoms with van der Waals surface area (Å²) in [6.07, 6.45) is 0. The summed E-state index contributed by atoms with van der Waals surface area (Å²) in [5, 5.41) is 0.324. The van der Waals surface area contributed by atoms with Crippen LogP contribution in [0.4, 0.5) is 5.69 Å². The molecule has 0 atom stereocenters. The standard InChI is InChI=1S/C14H9ClN2O3/c15-9-3-1-2-8(12(9)16)13(18)7-4-5-10-11(6-7)20-14(19)17-10/h1-6H,16H2,(H,17,19). The molecule has 3 N–H and O–H groups in total. The van der Waals surface area contributed by atoms with Crippen molar-refractivity contribution in [1.29, 1.82) is 0 Å². The van der Waals surface area contributed by atoms with Crippen LogP contribution in [0.3, 0.4) is 0 Å². The maximum Gasteiger partial charge on any atom is 0.417 e. The molecule has 0 aliphatic heterocycles. The van der Waals surface area contributed by atoms with Crippen molar-refractivity contribution >= 4 is 34.2 Å². The molecule has 0 fully saturated rings. The average Bonchev–Trinajstić information content (AvgIpc) is 2.80. The Kier molecular flexibility index (Phi) is 2.84. The van der Waals surface area contributed by atoms with Gasteiger partial charge in [-0.25, -0.2) is 4.79 Å². The highest BCUT2D eigenvalue weighted by Crippen LogP contribution is 2.25. The number of aromatic nitrogens is 1. The molecular formula is C14H9ClN2O3. The SMILES string of the molecule is Nc1c(Cl)cccc1C(=O)c1ccc2[nH]c(=O)oc2c1. The van der Waals surface area contributed by atoms with Crippen molar-refractivity contribution in [2.45, 2.75) is 0 Å². The summed E-state index contributed by atoms with van der Waals surface area (Å²) in [4.78, 5) is 26.0. The highest BCUT2D eigenvalue weighted by atomic mass is 35.5. The molecule has 1 aromatic heterocycles. The van der Waals surface area contributed by atoms with Gasteiger partial charge in [-0.1, -0.05) is 17.7 Å². The fraction of sp³-hybridized carbons (Fsp3) is 0. The number of nitrogens with two attached hydrogens (primary N) is 1. The van der Waals surface area contributed by atoms with E-state index in [9.17, 15) is 9.59 Å². The number of nitrogens with one attached hydrogen (secondary N) is 1. The van der Waals surface area contributed by atoms with E-state index in [0.717, 1.165) is 0 Å². The fourth-order valence-corrected chi connectivity index (χ4v) is 2.15. The van der Waals surface area contributed by atoms with E-state index in [1.165, 1.54) is 6.07 Å². The predicted molar refractivity (Wildman–Crippen MR) is 76.1 cm³/mol. The molecule has 0 aliphatic rings. The molecule has 0 bridgehead atoms. The third-order valence-electron chi connectivity index (χ3n) is 2.98. The third-order valence-corrected chi connectivity index (χ3v) is 3.31. The molecule has 0 aliphatic carbocycles. The number of hydrogen-bond donors (Lipinski definition) is 2. The van der Waals surface area contributed by atoms with Crippen molar-refractivity contribution in [3.8, 4) is 0 Å². The van der Waals surface area contributed by atoms with Crippen molar-refractivity contribution < 1.29 is 9.21 Å². The summed E-state index contributed by atoms with van der Waals surface area (Å²) in [7, 11) is 0. The number of hydrogen-bond acceptors (Lipinski definition) is 4. The Bertz CT molecular complexity index is 880. The topological polar surface area (TPSA) is 89.1 Å². The zero-order valence-electron chi connectivity index (χ0n) is 10.1. The second-order valence-corrected chi connectivity index (χ2v) is 4.66. The summed E-state index contributed by atoms with van der Waals surface area (Å²) >= 11 is 5.90.